The van der Waals surface area contributed by atoms with Gasteiger partial charge in [-0.1, -0.05) is 47.0 Å². The molecule has 0 aromatic heterocycles. The van der Waals surface area contributed by atoms with Gasteiger partial charge in [-0.25, -0.2) is 0 Å². The van der Waals surface area contributed by atoms with Gasteiger partial charge in [0.05, 0.1) is 0 Å². The van der Waals surface area contributed by atoms with Crippen LogP contribution in [0.15, 0.2) is 46.9 Å². The van der Waals surface area contributed by atoms with E-state index in [9.17, 15) is 9.59 Å². The summed E-state index contributed by atoms with van der Waals surface area (Å²) in [4.78, 5) is 27.9. The van der Waals surface area contributed by atoms with Gasteiger partial charge in [0.1, 0.15) is 6.04 Å². The molecule has 2 aliphatic rings. The minimum atomic E-state index is -0.538. The van der Waals surface area contributed by atoms with Crippen LogP contribution < -0.4 is 14.8 Å². The summed E-state index contributed by atoms with van der Waals surface area (Å²) < 4.78 is 11.8. The van der Waals surface area contributed by atoms with Crippen molar-refractivity contribution in [3.8, 4) is 11.5 Å². The highest BCUT2D eigenvalue weighted by molar-refractivity contribution is 9.10. The third kappa shape index (κ3) is 5.63. The Morgan fingerprint density at radius 1 is 1.06 bits per heavy atom. The lowest BCUT2D eigenvalue weighted by Crippen LogP contribution is -2.49. The van der Waals surface area contributed by atoms with Crippen molar-refractivity contribution in [3.05, 3.63) is 58.1 Å². The fourth-order valence-electron chi connectivity index (χ4n) is 4.25. The van der Waals surface area contributed by atoms with Crippen LogP contribution in [0.1, 0.15) is 50.2 Å². The minimum Gasteiger partial charge on any atom is -0.454 e. The van der Waals surface area contributed by atoms with Crippen molar-refractivity contribution in [3.63, 3.8) is 0 Å². The molecule has 0 saturated heterocycles. The Balaban J connectivity index is 1.44. The molecule has 1 N–H and O–H groups in total. The Labute approximate surface area is 197 Å². The molecule has 1 aliphatic carbocycles. The van der Waals surface area contributed by atoms with Gasteiger partial charge >= 0.3 is 0 Å². The van der Waals surface area contributed by atoms with Crippen molar-refractivity contribution in [2.24, 2.45) is 0 Å². The van der Waals surface area contributed by atoms with E-state index in [1.165, 1.54) is 0 Å². The summed E-state index contributed by atoms with van der Waals surface area (Å²) in [6.07, 6.45) is 5.22. The number of halogens is 1. The Kier molecular flexibility index (Phi) is 7.35. The highest BCUT2D eigenvalue weighted by Gasteiger charge is 2.28. The van der Waals surface area contributed by atoms with E-state index < -0.39 is 6.04 Å². The molecule has 32 heavy (non-hydrogen) atoms. The maximum absolute atomic E-state index is 13.3. The minimum absolute atomic E-state index is 0.0420. The molecule has 0 radical (unpaired) electrons. The Morgan fingerprint density at radius 2 is 1.75 bits per heavy atom. The Morgan fingerprint density at radius 3 is 2.50 bits per heavy atom. The van der Waals surface area contributed by atoms with Crippen LogP contribution in [0.25, 0.3) is 0 Å². The molecule has 6 nitrogen and oxygen atoms in total. The number of benzene rings is 2. The predicted octanol–water partition coefficient (Wildman–Crippen LogP) is 4.59. The maximum atomic E-state index is 13.3. The van der Waals surface area contributed by atoms with Crippen LogP contribution in [0.3, 0.4) is 0 Å². The van der Waals surface area contributed by atoms with Gasteiger partial charge in [-0.15, -0.1) is 0 Å². The third-order valence-electron chi connectivity index (χ3n) is 6.20. The largest absolute Gasteiger partial charge is 0.454 e. The molecule has 2 aromatic carbocycles. The van der Waals surface area contributed by atoms with Crippen LogP contribution in [-0.2, 0) is 22.6 Å². The molecule has 1 saturated carbocycles. The molecule has 0 bridgehead atoms. The predicted molar refractivity (Wildman–Crippen MR) is 125 cm³/mol. The van der Waals surface area contributed by atoms with E-state index in [-0.39, 0.29) is 24.6 Å². The van der Waals surface area contributed by atoms with Crippen molar-refractivity contribution in [1.29, 1.82) is 0 Å². The van der Waals surface area contributed by atoms with Crippen LogP contribution in [0.5, 0.6) is 11.5 Å². The van der Waals surface area contributed by atoms with E-state index in [4.69, 9.17) is 9.47 Å². The second-order valence-electron chi connectivity index (χ2n) is 8.50. The molecule has 0 spiro atoms. The first kappa shape index (κ1) is 22.6. The van der Waals surface area contributed by atoms with Crippen LogP contribution in [0.2, 0.25) is 0 Å². The molecule has 7 heteroatoms. The number of carbonyl (C=O) groups is 2. The zero-order valence-corrected chi connectivity index (χ0v) is 19.9. The monoisotopic (exact) mass is 500 g/mol. The first-order valence-electron chi connectivity index (χ1n) is 11.2. The number of aryl methyl sites for hydroxylation is 1. The third-order valence-corrected chi connectivity index (χ3v) is 6.73. The normalized spacial score (nSPS) is 16.1. The lowest BCUT2D eigenvalue weighted by atomic mass is 10.1. The first-order valence-corrected chi connectivity index (χ1v) is 12.0. The summed E-state index contributed by atoms with van der Waals surface area (Å²) in [6.45, 7) is 2.44. The fourth-order valence-corrected chi connectivity index (χ4v) is 4.52. The van der Waals surface area contributed by atoms with Gasteiger partial charge in [-0.05, 0) is 61.6 Å². The van der Waals surface area contributed by atoms with E-state index in [1.807, 2.05) is 49.4 Å². The number of fused-ring (bicyclic) bond motifs is 1. The summed E-state index contributed by atoms with van der Waals surface area (Å²) in [6, 6.07) is 13.3. The van der Waals surface area contributed by atoms with E-state index >= 15 is 0 Å². The Hall–Kier alpha value is -2.54. The maximum Gasteiger partial charge on any atom is 0.242 e. The molecule has 2 aromatic rings. The fraction of sp³-hybridized carbons (Fsp3) is 0.440. The molecule has 2 amide bonds. The molecule has 1 atom stereocenters. The van der Waals surface area contributed by atoms with Crippen molar-refractivity contribution in [2.75, 3.05) is 6.79 Å². The highest BCUT2D eigenvalue weighted by Crippen LogP contribution is 2.33. The SMILES string of the molecule is C[C@@H](C(=O)NC1CCCC1)N(Cc1ccc(Br)cc1)C(=O)CCc1ccc2c(c1)OCO2. The van der Waals surface area contributed by atoms with Crippen LogP contribution in [0.4, 0.5) is 0 Å². The van der Waals surface area contributed by atoms with Crippen molar-refractivity contribution < 1.29 is 19.1 Å². The average molecular weight is 501 g/mol. The van der Waals surface area contributed by atoms with E-state index in [0.29, 0.717) is 25.1 Å². The topological polar surface area (TPSA) is 67.9 Å². The zero-order chi connectivity index (χ0) is 22.5. The van der Waals surface area contributed by atoms with Crippen LogP contribution in [-0.4, -0.2) is 35.6 Å². The number of carbonyl (C=O) groups excluding carboxylic acids is 2. The van der Waals surface area contributed by atoms with Crippen molar-refractivity contribution >= 4 is 27.7 Å². The molecule has 4 rings (SSSR count). The highest BCUT2D eigenvalue weighted by atomic mass is 79.9. The number of hydrogen-bond donors (Lipinski definition) is 1. The second-order valence-corrected chi connectivity index (χ2v) is 9.42. The number of ether oxygens (including phenoxy) is 2. The molecule has 170 valence electrons. The molecule has 1 fully saturated rings. The van der Waals surface area contributed by atoms with Gasteiger partial charge in [-0.3, -0.25) is 9.59 Å². The van der Waals surface area contributed by atoms with Gasteiger partial charge in [-0.2, -0.15) is 0 Å². The summed E-state index contributed by atoms with van der Waals surface area (Å²) in [5.41, 5.74) is 2.00. The molecule has 0 unspecified atom stereocenters. The number of rotatable bonds is 8. The van der Waals surface area contributed by atoms with Gasteiger partial charge in [0.15, 0.2) is 11.5 Å². The van der Waals surface area contributed by atoms with Gasteiger partial charge in [0.2, 0.25) is 18.6 Å². The van der Waals surface area contributed by atoms with Gasteiger partial charge in [0, 0.05) is 23.5 Å². The number of nitrogens with zero attached hydrogens (tertiary/aromatic N) is 1. The number of nitrogens with one attached hydrogen (secondary N) is 1. The summed E-state index contributed by atoms with van der Waals surface area (Å²) >= 11 is 3.45. The average Bonchev–Trinajstić information content (AvgIpc) is 3.48. The van der Waals surface area contributed by atoms with E-state index in [0.717, 1.165) is 47.0 Å². The summed E-state index contributed by atoms with van der Waals surface area (Å²) in [5.74, 6) is 1.32. The molecule has 1 aliphatic heterocycles. The van der Waals surface area contributed by atoms with E-state index in [1.54, 1.807) is 4.90 Å². The molecular formula is C25H29BrN2O4. The molecule has 1 heterocycles. The van der Waals surface area contributed by atoms with Gasteiger partial charge < -0.3 is 19.7 Å². The lowest BCUT2D eigenvalue weighted by Gasteiger charge is -2.30. The van der Waals surface area contributed by atoms with E-state index in [2.05, 4.69) is 21.2 Å². The zero-order valence-electron chi connectivity index (χ0n) is 18.3. The summed E-state index contributed by atoms with van der Waals surface area (Å²) in [7, 11) is 0. The Bertz CT molecular complexity index is 957. The lowest BCUT2D eigenvalue weighted by molar-refractivity contribution is -0.140. The number of hydrogen-bond acceptors (Lipinski definition) is 4. The quantitative estimate of drug-likeness (QED) is 0.575. The van der Waals surface area contributed by atoms with Gasteiger partial charge in [0.25, 0.3) is 0 Å². The molecular weight excluding hydrogens is 472 g/mol. The smallest absolute Gasteiger partial charge is 0.242 e. The second kappa shape index (κ2) is 10.4. The van der Waals surface area contributed by atoms with Crippen LogP contribution >= 0.6 is 15.9 Å². The van der Waals surface area contributed by atoms with Crippen molar-refractivity contribution in [2.45, 2.75) is 64.1 Å². The standard InChI is InChI=1S/C25H29BrN2O4/c1-17(25(30)27-21-4-2-3-5-21)28(15-19-6-10-20(26)11-7-19)24(29)13-9-18-8-12-22-23(14-18)32-16-31-22/h6-8,10-12,14,17,21H,2-5,9,13,15-16H2,1H3,(H,27,30)/t17-/m0/s1. The van der Waals surface area contributed by atoms with Crippen LogP contribution in [0, 0.1) is 0 Å². The first-order chi connectivity index (χ1) is 15.5. The number of amides is 2. The summed E-state index contributed by atoms with van der Waals surface area (Å²) in [5, 5.41) is 3.14. The van der Waals surface area contributed by atoms with Crippen molar-refractivity contribution in [1.82, 2.24) is 10.2 Å².